The number of aromatic amines is 1. The van der Waals surface area contributed by atoms with Gasteiger partial charge in [-0.2, -0.15) is 0 Å². The van der Waals surface area contributed by atoms with Gasteiger partial charge in [0.15, 0.2) is 5.78 Å². The molecule has 7 nitrogen and oxygen atoms in total. The Hall–Kier alpha value is -3.74. The highest BCUT2D eigenvalue weighted by molar-refractivity contribution is 6.08. The van der Waals surface area contributed by atoms with Crippen LogP contribution in [0.3, 0.4) is 0 Å². The Morgan fingerprint density at radius 2 is 1.82 bits per heavy atom. The summed E-state index contributed by atoms with van der Waals surface area (Å²) in [4.78, 5) is 43.2. The minimum absolute atomic E-state index is 0.0226. The van der Waals surface area contributed by atoms with Gasteiger partial charge in [-0.25, -0.2) is 4.98 Å². The lowest BCUT2D eigenvalue weighted by Gasteiger charge is -2.09. The number of benzene rings is 2. The van der Waals surface area contributed by atoms with Gasteiger partial charge in [0, 0.05) is 18.1 Å². The van der Waals surface area contributed by atoms with Crippen LogP contribution < -0.4 is 15.6 Å². The Morgan fingerprint density at radius 3 is 2.50 bits per heavy atom. The number of H-pyrrole nitrogens is 1. The molecule has 0 bridgehead atoms. The summed E-state index contributed by atoms with van der Waals surface area (Å²) >= 11 is 0. The lowest BCUT2D eigenvalue weighted by atomic mass is 10.1. The van der Waals surface area contributed by atoms with Gasteiger partial charge < -0.3 is 15.0 Å². The van der Waals surface area contributed by atoms with Crippen molar-refractivity contribution in [2.45, 2.75) is 13.3 Å². The topological polar surface area (TPSA) is 101 Å². The third kappa shape index (κ3) is 4.50. The number of rotatable bonds is 6. The summed E-state index contributed by atoms with van der Waals surface area (Å²) in [6, 6.07) is 15.1. The number of Topliss-reactive ketones (excluding diaryl/α,β-unsaturated/α-hetero) is 1. The summed E-state index contributed by atoms with van der Waals surface area (Å²) in [6.07, 6.45) is 0.352. The van der Waals surface area contributed by atoms with Gasteiger partial charge in [0.1, 0.15) is 17.3 Å². The highest BCUT2D eigenvalue weighted by atomic mass is 16.5. The van der Waals surface area contributed by atoms with Crippen LogP contribution in [0.2, 0.25) is 0 Å². The molecule has 1 amide bonds. The van der Waals surface area contributed by atoms with Crippen LogP contribution >= 0.6 is 0 Å². The molecule has 0 unspecified atom stereocenters. The fraction of sp³-hybridized carbons (Fsp3) is 0.143. The lowest BCUT2D eigenvalue weighted by Crippen LogP contribution is -2.21. The van der Waals surface area contributed by atoms with Crippen molar-refractivity contribution in [1.82, 2.24) is 9.97 Å². The van der Waals surface area contributed by atoms with Gasteiger partial charge >= 0.3 is 0 Å². The van der Waals surface area contributed by atoms with Crippen LogP contribution in [0, 0.1) is 0 Å². The molecule has 0 fully saturated rings. The van der Waals surface area contributed by atoms with Crippen molar-refractivity contribution in [3.8, 4) is 5.75 Å². The largest absolute Gasteiger partial charge is 0.497 e. The molecule has 0 radical (unpaired) electrons. The lowest BCUT2D eigenvalue weighted by molar-refractivity contribution is 0.101. The van der Waals surface area contributed by atoms with E-state index >= 15 is 0 Å². The SMILES string of the molecule is COc1ccc(Cc2nc(C(=O)Nc3ccccc3C(C)=O)cc(=O)[nH]2)cc1. The Morgan fingerprint density at radius 1 is 1.11 bits per heavy atom. The number of hydrogen-bond donors (Lipinski definition) is 2. The van der Waals surface area contributed by atoms with Crippen molar-refractivity contribution < 1.29 is 14.3 Å². The molecule has 2 N–H and O–H groups in total. The van der Waals surface area contributed by atoms with Crippen molar-refractivity contribution >= 4 is 17.4 Å². The predicted octanol–water partition coefficient (Wildman–Crippen LogP) is 2.82. The molecule has 0 aliphatic heterocycles. The van der Waals surface area contributed by atoms with E-state index in [0.717, 1.165) is 17.4 Å². The van der Waals surface area contributed by atoms with E-state index in [9.17, 15) is 14.4 Å². The first-order valence-electron chi connectivity index (χ1n) is 8.61. The van der Waals surface area contributed by atoms with Crippen LogP contribution in [-0.2, 0) is 6.42 Å². The number of para-hydroxylation sites is 1. The number of hydrogen-bond acceptors (Lipinski definition) is 5. The molecule has 28 heavy (non-hydrogen) atoms. The summed E-state index contributed by atoms with van der Waals surface area (Å²) < 4.78 is 5.12. The maximum Gasteiger partial charge on any atom is 0.274 e. The number of methoxy groups -OCH3 is 1. The second-order valence-electron chi connectivity index (χ2n) is 6.16. The molecule has 1 heterocycles. The standard InChI is InChI=1S/C21H19N3O4/c1-13(25)16-5-3-4-6-17(16)23-21(27)18-12-20(26)24-19(22-18)11-14-7-9-15(28-2)10-8-14/h3-10,12H,11H2,1-2H3,(H,23,27)(H,22,24,26). The number of aromatic nitrogens is 2. The third-order valence-electron chi connectivity index (χ3n) is 4.11. The molecule has 0 atom stereocenters. The third-order valence-corrected chi connectivity index (χ3v) is 4.11. The first-order chi connectivity index (χ1) is 13.5. The van der Waals surface area contributed by atoms with E-state index in [2.05, 4.69) is 15.3 Å². The van der Waals surface area contributed by atoms with E-state index in [1.165, 1.54) is 6.92 Å². The van der Waals surface area contributed by atoms with E-state index in [-0.39, 0.29) is 11.5 Å². The summed E-state index contributed by atoms with van der Waals surface area (Å²) in [5.41, 5.74) is 1.22. The van der Waals surface area contributed by atoms with Crippen LogP contribution in [0.1, 0.15) is 39.2 Å². The van der Waals surface area contributed by atoms with Gasteiger partial charge in [0.05, 0.1) is 12.8 Å². The number of ketones is 1. The van der Waals surface area contributed by atoms with Gasteiger partial charge in [-0.15, -0.1) is 0 Å². The second kappa shape index (κ2) is 8.30. The molecule has 0 aliphatic rings. The highest BCUT2D eigenvalue weighted by Crippen LogP contribution is 2.17. The number of ether oxygens (including phenoxy) is 1. The normalized spacial score (nSPS) is 10.4. The molecule has 0 spiro atoms. The minimum Gasteiger partial charge on any atom is -0.497 e. The molecule has 1 aromatic heterocycles. The van der Waals surface area contributed by atoms with Crippen molar-refractivity contribution in [2.24, 2.45) is 0 Å². The van der Waals surface area contributed by atoms with Crippen LogP contribution in [-0.4, -0.2) is 28.8 Å². The molecule has 3 rings (SSSR count). The maximum atomic E-state index is 12.6. The zero-order valence-electron chi connectivity index (χ0n) is 15.5. The van der Waals surface area contributed by atoms with Gasteiger partial charge in [0.2, 0.25) is 0 Å². The molecular weight excluding hydrogens is 358 g/mol. The molecule has 2 aromatic carbocycles. The number of anilines is 1. The maximum absolute atomic E-state index is 12.6. The van der Waals surface area contributed by atoms with E-state index in [1.54, 1.807) is 31.4 Å². The molecule has 0 saturated heterocycles. The van der Waals surface area contributed by atoms with Gasteiger partial charge in [-0.05, 0) is 36.8 Å². The summed E-state index contributed by atoms with van der Waals surface area (Å²) in [6.45, 7) is 1.42. The van der Waals surface area contributed by atoms with Gasteiger partial charge in [-0.1, -0.05) is 24.3 Å². The molecule has 0 aliphatic carbocycles. The first-order valence-corrected chi connectivity index (χ1v) is 8.61. The smallest absolute Gasteiger partial charge is 0.274 e. The quantitative estimate of drug-likeness (QED) is 0.643. The number of amides is 1. The number of nitrogens with one attached hydrogen (secondary N) is 2. The number of carbonyl (C=O) groups excluding carboxylic acids is 2. The van der Waals surface area contributed by atoms with Crippen molar-refractivity contribution in [2.75, 3.05) is 12.4 Å². The highest BCUT2D eigenvalue weighted by Gasteiger charge is 2.14. The van der Waals surface area contributed by atoms with Crippen LogP contribution in [0.15, 0.2) is 59.4 Å². The second-order valence-corrected chi connectivity index (χ2v) is 6.16. The van der Waals surface area contributed by atoms with E-state index in [0.29, 0.717) is 23.5 Å². The van der Waals surface area contributed by atoms with Crippen LogP contribution in [0.5, 0.6) is 5.75 Å². The molecular formula is C21H19N3O4. The molecule has 7 heteroatoms. The van der Waals surface area contributed by atoms with Crippen LogP contribution in [0.4, 0.5) is 5.69 Å². The van der Waals surface area contributed by atoms with Crippen molar-refractivity contribution in [3.05, 3.63) is 87.6 Å². The monoisotopic (exact) mass is 377 g/mol. The van der Waals surface area contributed by atoms with Gasteiger partial charge in [-0.3, -0.25) is 14.4 Å². The van der Waals surface area contributed by atoms with E-state index in [4.69, 9.17) is 4.74 Å². The van der Waals surface area contributed by atoms with Crippen molar-refractivity contribution in [3.63, 3.8) is 0 Å². The summed E-state index contributed by atoms with van der Waals surface area (Å²) in [5, 5.41) is 2.65. The Kier molecular flexibility index (Phi) is 5.64. The average molecular weight is 377 g/mol. The zero-order chi connectivity index (χ0) is 20.1. The minimum atomic E-state index is -0.559. The molecule has 3 aromatic rings. The Bertz CT molecular complexity index is 1070. The van der Waals surface area contributed by atoms with E-state index in [1.807, 2.05) is 24.3 Å². The average Bonchev–Trinajstić information content (AvgIpc) is 2.68. The molecule has 0 saturated carbocycles. The van der Waals surface area contributed by atoms with Crippen molar-refractivity contribution in [1.29, 1.82) is 0 Å². The fourth-order valence-electron chi connectivity index (χ4n) is 2.73. The number of nitrogens with zero attached hydrogens (tertiary/aromatic N) is 1. The summed E-state index contributed by atoms with van der Waals surface area (Å²) in [7, 11) is 1.58. The zero-order valence-corrected chi connectivity index (χ0v) is 15.5. The number of carbonyl (C=O) groups is 2. The van der Waals surface area contributed by atoms with Crippen LogP contribution in [0.25, 0.3) is 0 Å². The predicted molar refractivity (Wildman–Crippen MR) is 105 cm³/mol. The molecule has 142 valence electrons. The fourth-order valence-corrected chi connectivity index (χ4v) is 2.73. The Labute approximate surface area is 161 Å². The summed E-state index contributed by atoms with van der Waals surface area (Å²) in [5.74, 6) is 0.357. The Balaban J connectivity index is 1.83. The first kappa shape index (κ1) is 19.0. The van der Waals surface area contributed by atoms with E-state index < -0.39 is 11.5 Å². The van der Waals surface area contributed by atoms with Gasteiger partial charge in [0.25, 0.3) is 11.5 Å².